The highest BCUT2D eigenvalue weighted by Gasteiger charge is 2.30. The second-order valence-corrected chi connectivity index (χ2v) is 8.23. The van der Waals surface area contributed by atoms with Crippen molar-refractivity contribution in [3.05, 3.63) is 40.2 Å². The first kappa shape index (κ1) is 21.4. The molecule has 0 fully saturated rings. The Hall–Kier alpha value is -2.93. The monoisotopic (exact) mass is 427 g/mol. The number of carbonyl (C=O) groups excluding carboxylic acids is 1. The van der Waals surface area contributed by atoms with E-state index < -0.39 is 31.5 Å². The molecule has 0 aliphatic rings. The van der Waals surface area contributed by atoms with E-state index in [-0.39, 0.29) is 10.5 Å². The number of nitro groups is 1. The third kappa shape index (κ3) is 4.67. The van der Waals surface area contributed by atoms with Gasteiger partial charge in [0.25, 0.3) is 15.7 Å². The van der Waals surface area contributed by atoms with Gasteiger partial charge in [0.05, 0.1) is 17.6 Å². The van der Waals surface area contributed by atoms with Crippen molar-refractivity contribution < 1.29 is 22.9 Å². The third-order valence-corrected chi connectivity index (χ3v) is 5.91. The van der Waals surface area contributed by atoms with Crippen molar-refractivity contribution in [2.75, 3.05) is 21.2 Å². The molecule has 28 heavy (non-hydrogen) atoms. The van der Waals surface area contributed by atoms with Crippen molar-refractivity contribution in [1.29, 1.82) is 0 Å². The molecule has 13 heteroatoms. The summed E-state index contributed by atoms with van der Waals surface area (Å²) in [6, 6.07) is 1.97. The summed E-state index contributed by atoms with van der Waals surface area (Å²) in [7, 11) is 1.51. The van der Waals surface area contributed by atoms with E-state index in [9.17, 15) is 23.3 Å². The number of hydrogen-bond acceptors (Lipinski definition) is 8. The summed E-state index contributed by atoms with van der Waals surface area (Å²) < 4.78 is 35.2. The first-order valence-corrected chi connectivity index (χ1v) is 9.85. The largest absolute Gasteiger partial charge is 0.465 e. The molecule has 0 radical (unpaired) electrons. The van der Waals surface area contributed by atoms with E-state index >= 15 is 0 Å². The van der Waals surface area contributed by atoms with E-state index in [1.807, 2.05) is 0 Å². The number of benzene rings is 1. The van der Waals surface area contributed by atoms with Crippen LogP contribution in [-0.2, 0) is 21.8 Å². The van der Waals surface area contributed by atoms with Crippen LogP contribution in [-0.4, -0.2) is 61.3 Å². The van der Waals surface area contributed by atoms with Gasteiger partial charge in [0.2, 0.25) is 0 Å². The summed E-state index contributed by atoms with van der Waals surface area (Å²) in [5.74, 6) is -0.912. The number of methoxy groups -OCH3 is 1. The van der Waals surface area contributed by atoms with Gasteiger partial charge in [-0.3, -0.25) is 10.1 Å². The van der Waals surface area contributed by atoms with Crippen LogP contribution in [0.5, 0.6) is 0 Å². The lowest BCUT2D eigenvalue weighted by Gasteiger charge is -2.11. The fourth-order valence-corrected chi connectivity index (χ4v) is 4.39. The number of aryl methyl sites for hydroxylation is 1. The predicted octanol–water partition coefficient (Wildman–Crippen LogP) is 1.54. The number of nitrogens with zero attached hydrogens (tertiary/aromatic N) is 5. The Kier molecular flexibility index (Phi) is 6.41. The zero-order chi connectivity index (χ0) is 21.1. The molecule has 0 spiro atoms. The maximum atomic E-state index is 12.8. The minimum atomic E-state index is -4.36. The van der Waals surface area contributed by atoms with Crippen LogP contribution in [0, 0.1) is 10.1 Å². The molecule has 0 amide bonds. The van der Waals surface area contributed by atoms with Crippen LogP contribution in [0.25, 0.3) is 0 Å². The maximum Gasteiger partial charge on any atom is 0.338 e. The van der Waals surface area contributed by atoms with E-state index in [1.54, 1.807) is 31.9 Å². The van der Waals surface area contributed by atoms with Gasteiger partial charge in [-0.1, -0.05) is 0 Å². The van der Waals surface area contributed by atoms with Crippen molar-refractivity contribution in [2.24, 2.45) is 11.4 Å². The average Bonchev–Trinajstić information content (AvgIpc) is 3.03. The summed E-state index contributed by atoms with van der Waals surface area (Å²) in [5.41, 5.74) is -0.855. The van der Waals surface area contributed by atoms with E-state index in [2.05, 4.69) is 14.1 Å². The van der Waals surface area contributed by atoms with Crippen molar-refractivity contribution in [2.45, 2.75) is 14.9 Å². The molecule has 11 nitrogen and oxygen atoms in total. The van der Waals surface area contributed by atoms with Crippen LogP contribution < -0.4 is 0 Å². The van der Waals surface area contributed by atoms with Crippen molar-refractivity contribution >= 4 is 39.8 Å². The number of ether oxygens (including phenoxy) is 1. The minimum absolute atomic E-state index is 0.206. The Bertz CT molecular complexity index is 1050. The molecule has 0 saturated carbocycles. The molecule has 2 aromatic rings. The molecule has 1 aromatic heterocycles. The molecule has 0 bridgehead atoms. The number of nitro benzene ring substituents is 1. The van der Waals surface area contributed by atoms with Gasteiger partial charge in [-0.2, -0.15) is 8.42 Å². The highest BCUT2D eigenvalue weighted by molar-refractivity contribution is 8.00. The lowest BCUT2D eigenvalue weighted by Crippen LogP contribution is -2.12. The number of hydrogen-bond donors (Lipinski definition) is 0. The molecule has 150 valence electrons. The minimum Gasteiger partial charge on any atom is -0.465 e. The summed E-state index contributed by atoms with van der Waals surface area (Å²) >= 11 is 0.783. The van der Waals surface area contributed by atoms with Crippen LogP contribution in [0.4, 0.5) is 5.69 Å². The van der Waals surface area contributed by atoms with Gasteiger partial charge in [-0.05, 0) is 17.8 Å². The summed E-state index contributed by atoms with van der Waals surface area (Å²) in [6.07, 6.45) is 4.12. The number of aromatic nitrogens is 2. The summed E-state index contributed by atoms with van der Waals surface area (Å²) in [4.78, 5) is 27.5. The lowest BCUT2D eigenvalue weighted by atomic mass is 10.2. The van der Waals surface area contributed by atoms with Crippen LogP contribution in [0.1, 0.15) is 10.4 Å². The quantitative estimate of drug-likeness (QED) is 0.212. The molecule has 2 rings (SSSR count). The fraction of sp³-hybridized carbons (Fsp3) is 0.267. The van der Waals surface area contributed by atoms with Crippen molar-refractivity contribution in [1.82, 2.24) is 14.5 Å². The van der Waals surface area contributed by atoms with Gasteiger partial charge in [0.15, 0.2) is 5.16 Å². The van der Waals surface area contributed by atoms with Crippen molar-refractivity contribution in [3.63, 3.8) is 0 Å². The Morgan fingerprint density at radius 3 is 2.61 bits per heavy atom. The molecular weight excluding hydrogens is 410 g/mol. The highest BCUT2D eigenvalue weighted by Crippen LogP contribution is 2.40. The SMILES string of the molecule is COC(=O)c1cc([N+](=O)[O-])c(Sc2nccn2C)c(S(=O)(=O)N=CN(C)C)c1. The van der Waals surface area contributed by atoms with Gasteiger partial charge in [-0.25, -0.2) is 9.78 Å². The van der Waals surface area contributed by atoms with Crippen LogP contribution in [0.15, 0.2) is 43.9 Å². The maximum absolute atomic E-state index is 12.8. The number of carbonyl (C=O) groups is 1. The summed E-state index contributed by atoms with van der Waals surface area (Å²) in [5, 5.41) is 11.9. The Balaban J connectivity index is 2.80. The standard InChI is InChI=1S/C15H17N5O6S2/c1-18(2)9-17-28(24,25)12-8-10(14(21)26-4)7-11(20(22)23)13(12)27-15-16-5-6-19(15)3/h5-9H,1-4H3. The number of esters is 1. The second kappa shape index (κ2) is 8.39. The number of rotatable bonds is 7. The fourth-order valence-electron chi connectivity index (χ4n) is 2.01. The molecule has 0 N–H and O–H groups in total. The Morgan fingerprint density at radius 1 is 1.43 bits per heavy atom. The highest BCUT2D eigenvalue weighted by atomic mass is 32.2. The number of sulfonamides is 1. The Morgan fingerprint density at radius 2 is 2.11 bits per heavy atom. The zero-order valence-electron chi connectivity index (χ0n) is 15.4. The first-order chi connectivity index (χ1) is 13.1. The van der Waals surface area contributed by atoms with Gasteiger partial charge >= 0.3 is 5.97 Å². The smallest absolute Gasteiger partial charge is 0.338 e. The van der Waals surface area contributed by atoms with Gasteiger partial charge in [0, 0.05) is 39.6 Å². The molecule has 0 saturated heterocycles. The predicted molar refractivity (Wildman–Crippen MR) is 101 cm³/mol. The Labute approximate surface area is 165 Å². The van der Waals surface area contributed by atoms with Gasteiger partial charge in [0.1, 0.15) is 16.1 Å². The van der Waals surface area contributed by atoms with E-state index in [1.165, 1.54) is 11.1 Å². The van der Waals surface area contributed by atoms with Crippen LogP contribution in [0.3, 0.4) is 0 Å². The molecule has 0 aliphatic heterocycles. The van der Waals surface area contributed by atoms with Crippen LogP contribution in [0.2, 0.25) is 0 Å². The van der Waals surface area contributed by atoms with E-state index in [0.29, 0.717) is 5.16 Å². The van der Waals surface area contributed by atoms with E-state index in [4.69, 9.17) is 0 Å². The number of imidazole rings is 1. The van der Waals surface area contributed by atoms with Crippen LogP contribution >= 0.6 is 11.8 Å². The summed E-state index contributed by atoms with van der Waals surface area (Å²) in [6.45, 7) is 0. The van der Waals surface area contributed by atoms with Crippen molar-refractivity contribution in [3.8, 4) is 0 Å². The molecule has 0 unspecified atom stereocenters. The average molecular weight is 427 g/mol. The molecule has 1 aromatic carbocycles. The topological polar surface area (TPSA) is 137 Å². The first-order valence-electron chi connectivity index (χ1n) is 7.59. The zero-order valence-corrected chi connectivity index (χ0v) is 17.0. The third-order valence-electron chi connectivity index (χ3n) is 3.32. The normalized spacial score (nSPS) is 11.6. The molecule has 1 heterocycles. The van der Waals surface area contributed by atoms with Gasteiger partial charge in [-0.15, -0.1) is 4.40 Å². The molecule has 0 aliphatic carbocycles. The molecular formula is C15H17N5O6S2. The van der Waals surface area contributed by atoms with Gasteiger partial charge < -0.3 is 14.2 Å². The molecule has 0 atom stereocenters. The lowest BCUT2D eigenvalue weighted by molar-refractivity contribution is -0.388. The van der Waals surface area contributed by atoms with E-state index in [0.717, 1.165) is 37.3 Å². The second-order valence-electron chi connectivity index (χ2n) is 5.65.